The summed E-state index contributed by atoms with van der Waals surface area (Å²) in [6.07, 6.45) is 1.81. The summed E-state index contributed by atoms with van der Waals surface area (Å²) in [5, 5.41) is 17.8. The summed E-state index contributed by atoms with van der Waals surface area (Å²) in [6, 6.07) is 1.84. The Balaban J connectivity index is 2.07. The molecule has 0 bridgehead atoms. The van der Waals surface area contributed by atoms with E-state index in [1.807, 2.05) is 6.07 Å². The molecule has 5 heteroatoms. The molecule has 66 valence electrons. The second-order valence-electron chi connectivity index (χ2n) is 2.40. The van der Waals surface area contributed by atoms with Crippen LogP contribution in [-0.2, 0) is 11.3 Å². The van der Waals surface area contributed by atoms with Gasteiger partial charge in [-0.2, -0.15) is 5.10 Å². The van der Waals surface area contributed by atoms with E-state index in [1.54, 1.807) is 6.20 Å². The van der Waals surface area contributed by atoms with Gasteiger partial charge in [0.15, 0.2) is 0 Å². The highest BCUT2D eigenvalue weighted by Gasteiger charge is 1.96. The molecule has 12 heavy (non-hydrogen) atoms. The first-order valence-corrected chi connectivity index (χ1v) is 3.70. The third-order valence-electron chi connectivity index (χ3n) is 1.39. The SMILES string of the molecule is O=C(O)CCNCc1ccn[nH]1. The third-order valence-corrected chi connectivity index (χ3v) is 1.39. The van der Waals surface area contributed by atoms with Crippen molar-refractivity contribution in [2.24, 2.45) is 0 Å². The zero-order valence-electron chi connectivity index (χ0n) is 6.58. The molecule has 5 nitrogen and oxygen atoms in total. The van der Waals surface area contributed by atoms with Crippen LogP contribution in [0.15, 0.2) is 12.3 Å². The van der Waals surface area contributed by atoms with Crippen molar-refractivity contribution in [3.8, 4) is 0 Å². The second-order valence-corrected chi connectivity index (χ2v) is 2.40. The smallest absolute Gasteiger partial charge is 0.304 e. The molecule has 0 spiro atoms. The first-order valence-electron chi connectivity index (χ1n) is 3.70. The van der Waals surface area contributed by atoms with E-state index < -0.39 is 5.97 Å². The van der Waals surface area contributed by atoms with E-state index in [0.717, 1.165) is 5.69 Å². The Labute approximate surface area is 69.8 Å². The topological polar surface area (TPSA) is 78.0 Å². The summed E-state index contributed by atoms with van der Waals surface area (Å²) < 4.78 is 0. The van der Waals surface area contributed by atoms with Gasteiger partial charge >= 0.3 is 5.97 Å². The Morgan fingerprint density at radius 3 is 3.17 bits per heavy atom. The molecular weight excluding hydrogens is 158 g/mol. The second kappa shape index (κ2) is 4.50. The standard InChI is InChI=1S/C7H11N3O2/c11-7(12)2-3-8-5-6-1-4-9-10-6/h1,4,8H,2-3,5H2,(H,9,10)(H,11,12). The monoisotopic (exact) mass is 169 g/mol. The van der Waals surface area contributed by atoms with Gasteiger partial charge in [-0.25, -0.2) is 0 Å². The Morgan fingerprint density at radius 1 is 1.75 bits per heavy atom. The van der Waals surface area contributed by atoms with Crippen LogP contribution in [0.2, 0.25) is 0 Å². The molecule has 1 aromatic heterocycles. The van der Waals surface area contributed by atoms with Gasteiger partial charge in [0.05, 0.1) is 6.42 Å². The lowest BCUT2D eigenvalue weighted by Crippen LogP contribution is -2.17. The lowest BCUT2D eigenvalue weighted by atomic mass is 10.4. The van der Waals surface area contributed by atoms with Gasteiger partial charge in [0.1, 0.15) is 0 Å². The minimum Gasteiger partial charge on any atom is -0.481 e. The Bertz CT molecular complexity index is 233. The Hall–Kier alpha value is -1.36. The number of carboxylic acid groups (broad SMARTS) is 1. The quantitative estimate of drug-likeness (QED) is 0.541. The molecule has 0 unspecified atom stereocenters. The van der Waals surface area contributed by atoms with E-state index in [4.69, 9.17) is 5.11 Å². The summed E-state index contributed by atoms with van der Waals surface area (Å²) in [6.45, 7) is 1.11. The zero-order valence-corrected chi connectivity index (χ0v) is 6.58. The van der Waals surface area contributed by atoms with Crippen molar-refractivity contribution in [1.82, 2.24) is 15.5 Å². The van der Waals surface area contributed by atoms with Crippen molar-refractivity contribution >= 4 is 5.97 Å². The first-order chi connectivity index (χ1) is 5.79. The molecule has 0 aromatic carbocycles. The highest BCUT2D eigenvalue weighted by Crippen LogP contribution is 1.89. The average molecular weight is 169 g/mol. The molecular formula is C7H11N3O2. The number of hydrogen-bond donors (Lipinski definition) is 3. The molecule has 0 aliphatic rings. The van der Waals surface area contributed by atoms with Gasteiger partial charge in [-0.3, -0.25) is 9.89 Å². The summed E-state index contributed by atoms with van der Waals surface area (Å²) >= 11 is 0. The van der Waals surface area contributed by atoms with Crippen LogP contribution in [0.5, 0.6) is 0 Å². The van der Waals surface area contributed by atoms with E-state index >= 15 is 0 Å². The maximum atomic E-state index is 10.1. The third kappa shape index (κ3) is 3.16. The highest BCUT2D eigenvalue weighted by atomic mass is 16.4. The van der Waals surface area contributed by atoms with Crippen molar-refractivity contribution < 1.29 is 9.90 Å². The molecule has 3 N–H and O–H groups in total. The van der Waals surface area contributed by atoms with Gasteiger partial charge in [0.2, 0.25) is 0 Å². The van der Waals surface area contributed by atoms with Crippen LogP contribution in [0.1, 0.15) is 12.1 Å². The Kier molecular flexibility index (Phi) is 3.28. The average Bonchev–Trinajstić information content (AvgIpc) is 2.49. The van der Waals surface area contributed by atoms with Crippen LogP contribution in [0.25, 0.3) is 0 Å². The number of H-pyrrole nitrogens is 1. The number of nitrogens with zero attached hydrogens (tertiary/aromatic N) is 1. The molecule has 1 heterocycles. The summed E-state index contributed by atoms with van der Waals surface area (Å²) in [7, 11) is 0. The minimum absolute atomic E-state index is 0.147. The van der Waals surface area contributed by atoms with Gasteiger partial charge in [-0.15, -0.1) is 0 Å². The van der Waals surface area contributed by atoms with Gasteiger partial charge < -0.3 is 10.4 Å². The largest absolute Gasteiger partial charge is 0.481 e. The molecule has 0 amide bonds. The van der Waals surface area contributed by atoms with Crippen LogP contribution in [-0.4, -0.2) is 27.8 Å². The number of nitrogens with one attached hydrogen (secondary N) is 2. The van der Waals surface area contributed by atoms with Gasteiger partial charge in [0.25, 0.3) is 0 Å². The number of rotatable bonds is 5. The van der Waals surface area contributed by atoms with Gasteiger partial charge in [-0.05, 0) is 6.07 Å². The fourth-order valence-corrected chi connectivity index (χ4v) is 0.802. The number of carbonyl (C=O) groups is 1. The molecule has 1 rings (SSSR count). The highest BCUT2D eigenvalue weighted by molar-refractivity contribution is 5.66. The van der Waals surface area contributed by atoms with Crippen LogP contribution in [0.3, 0.4) is 0 Å². The predicted octanol–water partition coefficient (Wildman–Crippen LogP) is -0.0260. The molecule has 0 aliphatic heterocycles. The number of carboxylic acids is 1. The Morgan fingerprint density at radius 2 is 2.58 bits per heavy atom. The fraction of sp³-hybridized carbons (Fsp3) is 0.429. The maximum Gasteiger partial charge on any atom is 0.304 e. The van der Waals surface area contributed by atoms with Crippen molar-refractivity contribution in [2.45, 2.75) is 13.0 Å². The van der Waals surface area contributed by atoms with Crippen molar-refractivity contribution in [3.63, 3.8) is 0 Å². The number of aliphatic carboxylic acids is 1. The van der Waals surface area contributed by atoms with Crippen LogP contribution in [0, 0.1) is 0 Å². The van der Waals surface area contributed by atoms with Crippen molar-refractivity contribution in [1.29, 1.82) is 0 Å². The van der Waals surface area contributed by atoms with Crippen LogP contribution < -0.4 is 5.32 Å². The summed E-state index contributed by atoms with van der Waals surface area (Å²) in [5.74, 6) is -0.785. The number of hydrogen-bond acceptors (Lipinski definition) is 3. The maximum absolute atomic E-state index is 10.1. The molecule has 0 aliphatic carbocycles. The van der Waals surface area contributed by atoms with Crippen molar-refractivity contribution in [3.05, 3.63) is 18.0 Å². The number of aromatic nitrogens is 2. The summed E-state index contributed by atoms with van der Waals surface area (Å²) in [4.78, 5) is 10.1. The van der Waals surface area contributed by atoms with Crippen molar-refractivity contribution in [2.75, 3.05) is 6.54 Å². The minimum atomic E-state index is -0.785. The van der Waals surface area contributed by atoms with E-state index in [-0.39, 0.29) is 6.42 Å². The summed E-state index contributed by atoms with van der Waals surface area (Å²) in [5.41, 5.74) is 0.959. The van der Waals surface area contributed by atoms with E-state index in [2.05, 4.69) is 15.5 Å². The lowest BCUT2D eigenvalue weighted by Gasteiger charge is -1.98. The molecule has 0 atom stereocenters. The molecule has 1 aromatic rings. The van der Waals surface area contributed by atoms with E-state index in [9.17, 15) is 4.79 Å². The first kappa shape index (κ1) is 8.73. The van der Waals surface area contributed by atoms with E-state index in [1.165, 1.54) is 0 Å². The normalized spacial score (nSPS) is 10.0. The van der Waals surface area contributed by atoms with E-state index in [0.29, 0.717) is 13.1 Å². The fourth-order valence-electron chi connectivity index (χ4n) is 0.802. The molecule has 0 saturated heterocycles. The molecule has 0 fully saturated rings. The lowest BCUT2D eigenvalue weighted by molar-refractivity contribution is -0.136. The zero-order chi connectivity index (χ0) is 8.81. The van der Waals surface area contributed by atoms with Gasteiger partial charge in [0, 0.05) is 25.0 Å². The number of aromatic amines is 1. The van der Waals surface area contributed by atoms with Gasteiger partial charge in [-0.1, -0.05) is 0 Å². The molecule has 0 radical (unpaired) electrons. The predicted molar refractivity (Wildman–Crippen MR) is 42.5 cm³/mol. The van der Waals surface area contributed by atoms with Crippen LogP contribution >= 0.6 is 0 Å². The molecule has 0 saturated carbocycles. The van der Waals surface area contributed by atoms with Crippen LogP contribution in [0.4, 0.5) is 0 Å².